The molecule has 1 atom stereocenters. The van der Waals surface area contributed by atoms with Crippen LogP contribution in [0.25, 0.3) is 0 Å². The molecular formula is C18H17F2N3O3. The second kappa shape index (κ2) is 7.81. The van der Waals surface area contributed by atoms with Crippen molar-refractivity contribution >= 4 is 23.3 Å². The van der Waals surface area contributed by atoms with Crippen LogP contribution in [0, 0.1) is 0 Å². The third kappa shape index (κ3) is 4.47. The smallest absolute Gasteiger partial charge is 0.387 e. The largest absolute Gasteiger partial charge is 0.435 e. The highest BCUT2D eigenvalue weighted by Crippen LogP contribution is 2.21. The van der Waals surface area contributed by atoms with Gasteiger partial charge >= 0.3 is 12.6 Å². The maximum atomic E-state index is 12.1. The van der Waals surface area contributed by atoms with Crippen LogP contribution in [0.3, 0.4) is 0 Å². The number of carbonyl (C=O) groups excluding carboxylic acids is 2. The van der Waals surface area contributed by atoms with E-state index < -0.39 is 12.6 Å². The van der Waals surface area contributed by atoms with E-state index in [1.54, 1.807) is 4.90 Å². The number of urea groups is 1. The van der Waals surface area contributed by atoms with E-state index in [2.05, 4.69) is 15.4 Å². The van der Waals surface area contributed by atoms with Gasteiger partial charge in [-0.3, -0.25) is 4.79 Å². The number of nitrogens with zero attached hydrogens (tertiary/aromatic N) is 1. The van der Waals surface area contributed by atoms with Gasteiger partial charge in [0.15, 0.2) is 0 Å². The Kier molecular flexibility index (Phi) is 5.31. The van der Waals surface area contributed by atoms with Crippen LogP contribution < -0.4 is 20.3 Å². The first-order valence-electron chi connectivity index (χ1n) is 7.99. The highest BCUT2D eigenvalue weighted by atomic mass is 19.3. The molecule has 0 aromatic heterocycles. The topological polar surface area (TPSA) is 70.7 Å². The summed E-state index contributed by atoms with van der Waals surface area (Å²) >= 11 is 0. The lowest BCUT2D eigenvalue weighted by molar-refractivity contribution is -0.117. The van der Waals surface area contributed by atoms with Gasteiger partial charge in [0.25, 0.3) is 0 Å². The summed E-state index contributed by atoms with van der Waals surface area (Å²) in [5.74, 6) is -0.0548. The maximum absolute atomic E-state index is 12.1. The summed E-state index contributed by atoms with van der Waals surface area (Å²) in [6.07, 6.45) is 0.212. The van der Waals surface area contributed by atoms with Crippen LogP contribution in [-0.2, 0) is 4.79 Å². The number of amides is 3. The van der Waals surface area contributed by atoms with Crippen LogP contribution in [0.4, 0.5) is 25.0 Å². The molecular weight excluding hydrogens is 344 g/mol. The minimum Gasteiger partial charge on any atom is -0.435 e. The summed E-state index contributed by atoms with van der Waals surface area (Å²) in [4.78, 5) is 25.8. The van der Waals surface area contributed by atoms with Crippen LogP contribution in [0.2, 0.25) is 0 Å². The number of anilines is 2. The fraction of sp³-hybridized carbons (Fsp3) is 0.222. The molecule has 1 fully saturated rings. The zero-order chi connectivity index (χ0) is 18.5. The number of para-hydroxylation sites is 1. The molecule has 1 aliphatic heterocycles. The second-order valence-corrected chi connectivity index (χ2v) is 5.74. The van der Waals surface area contributed by atoms with Crippen molar-refractivity contribution in [1.29, 1.82) is 0 Å². The van der Waals surface area contributed by atoms with Crippen LogP contribution in [0.5, 0.6) is 5.75 Å². The predicted octanol–water partition coefficient (Wildman–Crippen LogP) is 3.22. The molecule has 8 heteroatoms. The van der Waals surface area contributed by atoms with Gasteiger partial charge in [-0.25, -0.2) is 4.79 Å². The van der Waals surface area contributed by atoms with E-state index in [-0.39, 0.29) is 24.1 Å². The molecule has 136 valence electrons. The SMILES string of the molecule is O=C(Nc1ccc(OC(F)F)cc1)N[C@H]1CC(=O)N(c2ccccc2)C1. The van der Waals surface area contributed by atoms with Gasteiger partial charge in [0.2, 0.25) is 5.91 Å². The van der Waals surface area contributed by atoms with Crippen molar-refractivity contribution in [2.45, 2.75) is 19.1 Å². The number of rotatable bonds is 5. The van der Waals surface area contributed by atoms with Gasteiger partial charge in [0.1, 0.15) is 5.75 Å². The minimum atomic E-state index is -2.90. The van der Waals surface area contributed by atoms with Gasteiger partial charge < -0.3 is 20.3 Å². The van der Waals surface area contributed by atoms with Crippen molar-refractivity contribution in [2.75, 3.05) is 16.8 Å². The molecule has 6 nitrogen and oxygen atoms in total. The third-order valence-electron chi connectivity index (χ3n) is 3.87. The minimum absolute atomic E-state index is 0.00542. The Balaban J connectivity index is 1.53. The number of ether oxygens (including phenoxy) is 1. The van der Waals surface area contributed by atoms with Crippen molar-refractivity contribution < 1.29 is 23.1 Å². The summed E-state index contributed by atoms with van der Waals surface area (Å²) in [7, 11) is 0. The average Bonchev–Trinajstić information content (AvgIpc) is 2.97. The van der Waals surface area contributed by atoms with Gasteiger partial charge in [-0.05, 0) is 36.4 Å². The lowest BCUT2D eigenvalue weighted by Crippen LogP contribution is -2.39. The molecule has 2 aromatic carbocycles. The van der Waals surface area contributed by atoms with E-state index in [1.165, 1.54) is 24.3 Å². The first kappa shape index (κ1) is 17.7. The van der Waals surface area contributed by atoms with E-state index >= 15 is 0 Å². The molecule has 1 saturated heterocycles. The van der Waals surface area contributed by atoms with Crippen LogP contribution in [0.1, 0.15) is 6.42 Å². The molecule has 0 radical (unpaired) electrons. The van der Waals surface area contributed by atoms with Gasteiger partial charge in [-0.15, -0.1) is 0 Å². The Bertz CT molecular complexity index is 769. The maximum Gasteiger partial charge on any atom is 0.387 e. The predicted molar refractivity (Wildman–Crippen MR) is 92.4 cm³/mol. The van der Waals surface area contributed by atoms with Crippen LogP contribution in [0.15, 0.2) is 54.6 Å². The number of carbonyl (C=O) groups is 2. The van der Waals surface area contributed by atoms with Gasteiger partial charge in [0.05, 0.1) is 6.04 Å². The molecule has 0 saturated carbocycles. The molecule has 0 bridgehead atoms. The first-order valence-corrected chi connectivity index (χ1v) is 7.99. The Labute approximate surface area is 148 Å². The molecule has 26 heavy (non-hydrogen) atoms. The van der Waals surface area contributed by atoms with Crippen LogP contribution >= 0.6 is 0 Å². The monoisotopic (exact) mass is 361 g/mol. The normalized spacial score (nSPS) is 16.7. The summed E-state index contributed by atoms with van der Waals surface area (Å²) in [6.45, 7) is -2.51. The lowest BCUT2D eigenvalue weighted by atomic mass is 10.2. The third-order valence-corrected chi connectivity index (χ3v) is 3.87. The van der Waals surface area contributed by atoms with Gasteiger partial charge in [-0.2, -0.15) is 8.78 Å². The Hall–Kier alpha value is -3.16. The van der Waals surface area contributed by atoms with Gasteiger partial charge in [-0.1, -0.05) is 18.2 Å². The fourth-order valence-electron chi connectivity index (χ4n) is 2.73. The second-order valence-electron chi connectivity index (χ2n) is 5.74. The van der Waals surface area contributed by atoms with Crippen molar-refractivity contribution in [3.63, 3.8) is 0 Å². The van der Waals surface area contributed by atoms with E-state index in [0.717, 1.165) is 5.69 Å². The molecule has 3 rings (SSSR count). The fourth-order valence-corrected chi connectivity index (χ4v) is 2.73. The Morgan fingerprint density at radius 3 is 2.46 bits per heavy atom. The van der Waals surface area contributed by atoms with E-state index in [0.29, 0.717) is 12.2 Å². The number of nitrogens with one attached hydrogen (secondary N) is 2. The Morgan fingerprint density at radius 1 is 1.12 bits per heavy atom. The summed E-state index contributed by atoms with van der Waals surface area (Å²) < 4.78 is 28.5. The number of hydrogen-bond acceptors (Lipinski definition) is 3. The Morgan fingerprint density at radius 2 is 1.81 bits per heavy atom. The van der Waals surface area contributed by atoms with Crippen molar-refractivity contribution in [3.05, 3.63) is 54.6 Å². The van der Waals surface area contributed by atoms with Crippen molar-refractivity contribution in [2.24, 2.45) is 0 Å². The zero-order valence-electron chi connectivity index (χ0n) is 13.7. The van der Waals surface area contributed by atoms with E-state index in [1.807, 2.05) is 30.3 Å². The lowest BCUT2D eigenvalue weighted by Gasteiger charge is -2.17. The number of benzene rings is 2. The molecule has 1 aliphatic rings. The van der Waals surface area contributed by atoms with Crippen LogP contribution in [-0.4, -0.2) is 31.1 Å². The average molecular weight is 361 g/mol. The standard InChI is InChI=1S/C18H17F2N3O3/c19-17(20)26-15-8-6-12(7-9-15)21-18(25)22-13-10-16(24)23(11-13)14-4-2-1-3-5-14/h1-9,13,17H,10-11H2,(H2,21,22,25)/t13-/m0/s1. The highest BCUT2D eigenvalue weighted by Gasteiger charge is 2.31. The zero-order valence-corrected chi connectivity index (χ0v) is 13.7. The summed E-state index contributed by atoms with van der Waals surface area (Å²) in [5, 5.41) is 5.34. The molecule has 0 unspecified atom stereocenters. The summed E-state index contributed by atoms with van der Waals surface area (Å²) in [6, 6.07) is 14.0. The number of halogens is 2. The molecule has 1 heterocycles. The summed E-state index contributed by atoms with van der Waals surface area (Å²) in [5.41, 5.74) is 1.21. The van der Waals surface area contributed by atoms with Crippen molar-refractivity contribution in [1.82, 2.24) is 5.32 Å². The van der Waals surface area contributed by atoms with Crippen molar-refractivity contribution in [3.8, 4) is 5.75 Å². The van der Waals surface area contributed by atoms with Gasteiger partial charge in [0, 0.05) is 24.3 Å². The molecule has 2 N–H and O–H groups in total. The molecule has 2 aromatic rings. The van der Waals surface area contributed by atoms with E-state index in [9.17, 15) is 18.4 Å². The number of alkyl halides is 2. The molecule has 0 spiro atoms. The highest BCUT2D eigenvalue weighted by molar-refractivity contribution is 5.97. The van der Waals surface area contributed by atoms with E-state index in [4.69, 9.17) is 0 Å². The quantitative estimate of drug-likeness (QED) is 0.859. The molecule has 3 amide bonds. The number of hydrogen-bond donors (Lipinski definition) is 2. The molecule has 0 aliphatic carbocycles. The first-order chi connectivity index (χ1) is 12.5.